The Morgan fingerprint density at radius 2 is 2.08 bits per heavy atom. The fourth-order valence-corrected chi connectivity index (χ4v) is 1.21. The first-order chi connectivity index (χ1) is 6.33. The van der Waals surface area contributed by atoms with Gasteiger partial charge in [-0.15, -0.1) is 0 Å². The van der Waals surface area contributed by atoms with Crippen molar-refractivity contribution in [3.63, 3.8) is 0 Å². The van der Waals surface area contributed by atoms with Gasteiger partial charge >= 0.3 is 6.47 Å². The molecular formula is C10H9O2S. The lowest BCUT2D eigenvalue weighted by Crippen LogP contribution is -2.08. The summed E-state index contributed by atoms with van der Waals surface area (Å²) in [5, 5.41) is 0. The van der Waals surface area contributed by atoms with Crippen molar-refractivity contribution in [1.82, 2.24) is 0 Å². The molecule has 0 bridgehead atoms. The van der Waals surface area contributed by atoms with Gasteiger partial charge < -0.3 is 4.74 Å². The van der Waals surface area contributed by atoms with Crippen LogP contribution in [-0.4, -0.2) is 17.9 Å². The number of ether oxygens (including phenoxy) is 1. The highest BCUT2D eigenvalue weighted by molar-refractivity contribution is 7.80. The minimum atomic E-state index is 0.174. The Morgan fingerprint density at radius 1 is 1.38 bits per heavy atom. The standard InChI is InChI=1S/C10H9O2S/c11-8-12-7-10(13)6-9-4-2-1-3-5-9/h1-5H,6-7H2. The van der Waals surface area contributed by atoms with Crippen LogP contribution in [0.1, 0.15) is 5.56 Å². The number of rotatable bonds is 5. The lowest BCUT2D eigenvalue weighted by atomic mass is 10.1. The van der Waals surface area contributed by atoms with Gasteiger partial charge in [0.1, 0.15) is 6.61 Å². The summed E-state index contributed by atoms with van der Waals surface area (Å²) in [7, 11) is 0. The summed E-state index contributed by atoms with van der Waals surface area (Å²) in [6.45, 7) is 1.52. The lowest BCUT2D eigenvalue weighted by molar-refractivity contribution is 0.325. The molecule has 0 atom stereocenters. The first-order valence-corrected chi connectivity index (χ1v) is 4.28. The molecule has 1 rings (SSSR count). The van der Waals surface area contributed by atoms with E-state index in [0.717, 1.165) is 5.56 Å². The molecule has 0 saturated heterocycles. The molecule has 1 radical (unpaired) electrons. The highest BCUT2D eigenvalue weighted by Gasteiger charge is 1.98. The molecule has 2 nitrogen and oxygen atoms in total. The van der Waals surface area contributed by atoms with Gasteiger partial charge in [-0.1, -0.05) is 42.5 Å². The molecule has 3 heteroatoms. The van der Waals surface area contributed by atoms with E-state index in [0.29, 0.717) is 11.3 Å². The van der Waals surface area contributed by atoms with Crippen molar-refractivity contribution in [2.75, 3.05) is 6.61 Å². The molecular weight excluding hydrogens is 184 g/mol. The van der Waals surface area contributed by atoms with Crippen molar-refractivity contribution in [2.45, 2.75) is 6.42 Å². The minimum absolute atomic E-state index is 0.174. The van der Waals surface area contributed by atoms with E-state index in [4.69, 9.17) is 12.2 Å². The SMILES string of the molecule is O=[C]OCC(=S)Cc1ccccc1. The highest BCUT2D eigenvalue weighted by atomic mass is 32.1. The van der Waals surface area contributed by atoms with E-state index in [1.54, 1.807) is 0 Å². The van der Waals surface area contributed by atoms with Crippen molar-refractivity contribution >= 4 is 23.6 Å². The second-order valence-corrected chi connectivity index (χ2v) is 3.15. The number of hydrogen-bond donors (Lipinski definition) is 0. The first-order valence-electron chi connectivity index (χ1n) is 3.87. The predicted octanol–water partition coefficient (Wildman–Crippen LogP) is 1.68. The molecule has 0 aliphatic carbocycles. The highest BCUT2D eigenvalue weighted by Crippen LogP contribution is 2.01. The summed E-state index contributed by atoms with van der Waals surface area (Å²) in [6, 6.07) is 9.81. The molecule has 1 aromatic carbocycles. The average molecular weight is 193 g/mol. The fraction of sp³-hybridized carbons (Fsp3) is 0.200. The third-order valence-corrected chi connectivity index (χ3v) is 1.80. The zero-order valence-electron chi connectivity index (χ0n) is 7.03. The number of thiocarbonyl (C=S) groups is 1. The summed E-state index contributed by atoms with van der Waals surface area (Å²) in [5.74, 6) is 0. The molecule has 0 heterocycles. The van der Waals surface area contributed by atoms with Crippen molar-refractivity contribution in [3.05, 3.63) is 35.9 Å². The quantitative estimate of drug-likeness (QED) is 0.665. The van der Waals surface area contributed by atoms with Crippen molar-refractivity contribution < 1.29 is 9.53 Å². The Kier molecular flexibility index (Phi) is 4.12. The van der Waals surface area contributed by atoms with Crippen LogP contribution in [-0.2, 0) is 16.0 Å². The number of carbonyl (C=O) groups excluding carboxylic acids is 1. The van der Waals surface area contributed by atoms with Gasteiger partial charge in [-0.25, -0.2) is 4.79 Å². The maximum absolute atomic E-state index is 9.75. The van der Waals surface area contributed by atoms with E-state index < -0.39 is 0 Å². The molecule has 0 N–H and O–H groups in total. The van der Waals surface area contributed by atoms with Crippen LogP contribution in [0, 0.1) is 0 Å². The van der Waals surface area contributed by atoms with Gasteiger partial charge in [-0.05, 0) is 5.56 Å². The van der Waals surface area contributed by atoms with Crippen LogP contribution in [0.3, 0.4) is 0 Å². The van der Waals surface area contributed by atoms with Gasteiger partial charge in [0.15, 0.2) is 0 Å². The van der Waals surface area contributed by atoms with E-state index in [1.807, 2.05) is 30.3 Å². The number of benzene rings is 1. The topological polar surface area (TPSA) is 26.3 Å². The first kappa shape index (κ1) is 9.86. The van der Waals surface area contributed by atoms with E-state index in [2.05, 4.69) is 4.74 Å². The minimum Gasteiger partial charge on any atom is -0.452 e. The van der Waals surface area contributed by atoms with E-state index in [-0.39, 0.29) is 6.61 Å². The number of hydrogen-bond acceptors (Lipinski definition) is 3. The molecule has 67 valence electrons. The van der Waals surface area contributed by atoms with Crippen LogP contribution >= 0.6 is 12.2 Å². The molecule has 0 fully saturated rings. The van der Waals surface area contributed by atoms with Crippen LogP contribution in [0.4, 0.5) is 0 Å². The zero-order valence-corrected chi connectivity index (χ0v) is 7.84. The van der Waals surface area contributed by atoms with Gasteiger partial charge in [0.2, 0.25) is 0 Å². The smallest absolute Gasteiger partial charge is 0.417 e. The Bertz CT molecular complexity index is 282. The van der Waals surface area contributed by atoms with Crippen LogP contribution < -0.4 is 0 Å². The second-order valence-electron chi connectivity index (χ2n) is 2.57. The van der Waals surface area contributed by atoms with Crippen LogP contribution in [0.25, 0.3) is 0 Å². The molecule has 0 amide bonds. The maximum Gasteiger partial charge on any atom is 0.417 e. The van der Waals surface area contributed by atoms with Gasteiger partial charge in [0.05, 0.1) is 0 Å². The Labute approximate surface area is 82.5 Å². The summed E-state index contributed by atoms with van der Waals surface area (Å²) < 4.78 is 4.42. The van der Waals surface area contributed by atoms with Gasteiger partial charge in [0.25, 0.3) is 0 Å². The van der Waals surface area contributed by atoms with Crippen molar-refractivity contribution in [2.24, 2.45) is 0 Å². The Morgan fingerprint density at radius 3 is 2.69 bits per heavy atom. The summed E-state index contributed by atoms with van der Waals surface area (Å²) in [6.07, 6.45) is 0.665. The molecule has 0 aliphatic heterocycles. The van der Waals surface area contributed by atoms with E-state index in [1.165, 1.54) is 6.47 Å². The molecule has 0 spiro atoms. The second kappa shape index (κ2) is 5.43. The normalized spacial score (nSPS) is 9.23. The zero-order chi connectivity index (χ0) is 9.52. The summed E-state index contributed by atoms with van der Waals surface area (Å²) in [5.41, 5.74) is 1.13. The molecule has 1 aromatic rings. The predicted molar refractivity (Wildman–Crippen MR) is 54.4 cm³/mol. The molecule has 0 unspecified atom stereocenters. The third-order valence-electron chi connectivity index (χ3n) is 1.54. The van der Waals surface area contributed by atoms with Crippen LogP contribution in [0.5, 0.6) is 0 Å². The lowest BCUT2D eigenvalue weighted by Gasteiger charge is -2.01. The Balaban J connectivity index is 2.41. The third kappa shape index (κ3) is 3.80. The van der Waals surface area contributed by atoms with Gasteiger partial charge in [0, 0.05) is 11.3 Å². The molecule has 13 heavy (non-hydrogen) atoms. The van der Waals surface area contributed by atoms with Gasteiger partial charge in [-0.3, -0.25) is 0 Å². The molecule has 0 aliphatic rings. The molecule has 0 aromatic heterocycles. The van der Waals surface area contributed by atoms with Crippen molar-refractivity contribution in [3.8, 4) is 0 Å². The van der Waals surface area contributed by atoms with Gasteiger partial charge in [-0.2, -0.15) is 0 Å². The van der Waals surface area contributed by atoms with E-state index >= 15 is 0 Å². The van der Waals surface area contributed by atoms with E-state index in [9.17, 15) is 4.79 Å². The molecule has 0 saturated carbocycles. The monoisotopic (exact) mass is 193 g/mol. The average Bonchev–Trinajstić information content (AvgIpc) is 2.16. The summed E-state index contributed by atoms with van der Waals surface area (Å²) in [4.78, 5) is 10.5. The van der Waals surface area contributed by atoms with Crippen LogP contribution in [0.15, 0.2) is 30.3 Å². The van der Waals surface area contributed by atoms with Crippen LogP contribution in [0.2, 0.25) is 0 Å². The Hall–Kier alpha value is -1.22. The maximum atomic E-state index is 9.75. The summed E-state index contributed by atoms with van der Waals surface area (Å²) >= 11 is 5.00. The van der Waals surface area contributed by atoms with Crippen molar-refractivity contribution in [1.29, 1.82) is 0 Å². The largest absolute Gasteiger partial charge is 0.452 e. The fourth-order valence-electron chi connectivity index (χ4n) is 0.985.